The molecule has 0 aliphatic carbocycles. The Morgan fingerprint density at radius 2 is 0.545 bits per heavy atom. The fraction of sp³-hybridized carbons (Fsp3) is 0.952. The van der Waals surface area contributed by atoms with E-state index in [2.05, 4.69) is 0 Å². The average Bonchev–Trinajstić information content (AvgIpc) is 3.44. The lowest BCUT2D eigenvalue weighted by molar-refractivity contribution is -0.395. The average molecular weight is 1140 g/mol. The van der Waals surface area contributed by atoms with Crippen LogP contribution in [-0.4, -0.2) is 354 Å². The number of ether oxygens (including phenoxy) is 12. The molecule has 5 saturated heterocycles. The lowest BCUT2D eigenvalue weighted by Crippen LogP contribution is -2.68. The summed E-state index contributed by atoms with van der Waals surface area (Å²) < 4.78 is 66.6. The predicted molar refractivity (Wildman–Crippen MR) is 233 cm³/mol. The number of hydrogen-bond donors (Lipinski definition) is 23. The second-order valence-electron chi connectivity index (χ2n) is 18.9. The number of rotatable bonds is 9. The van der Waals surface area contributed by atoms with Gasteiger partial charge in [0.05, 0.1) is 39.1 Å². The van der Waals surface area contributed by atoms with Crippen molar-refractivity contribution >= 4 is 0 Å². The number of aliphatic hydroxyl groups is 23. The van der Waals surface area contributed by atoms with Crippen molar-refractivity contribution in [2.75, 3.05) is 46.2 Å². The Balaban J connectivity index is 1.31. The number of aliphatic hydroxyl groups excluding tert-OH is 23. The maximum atomic E-state index is 11.3. The third-order valence-electron chi connectivity index (χ3n) is 13.8. The molecule has 35 heteroatoms. The van der Waals surface area contributed by atoms with Crippen molar-refractivity contribution in [3.05, 3.63) is 11.5 Å². The Kier molecular flexibility index (Phi) is 23.6. The highest BCUT2D eigenvalue weighted by Crippen LogP contribution is 2.37. The van der Waals surface area contributed by atoms with E-state index in [1.807, 2.05) is 0 Å². The van der Waals surface area contributed by atoms with Crippen molar-refractivity contribution in [1.82, 2.24) is 0 Å². The first-order valence-electron chi connectivity index (χ1n) is 24.3. The summed E-state index contributed by atoms with van der Waals surface area (Å²) in [5.41, 5.74) is 0. The van der Waals surface area contributed by atoms with E-state index in [4.69, 9.17) is 56.8 Å². The summed E-state index contributed by atoms with van der Waals surface area (Å²) in [7, 11) is 0. The Hall–Kier alpha value is -1.98. The van der Waals surface area contributed by atoms with Gasteiger partial charge in [0, 0.05) is 19.6 Å². The van der Waals surface area contributed by atoms with Crippen LogP contribution in [0.15, 0.2) is 11.5 Å². The summed E-state index contributed by atoms with van der Waals surface area (Å²) in [5, 5.41) is 249. The van der Waals surface area contributed by atoms with Crippen molar-refractivity contribution < 1.29 is 174 Å². The van der Waals surface area contributed by atoms with Gasteiger partial charge in [-0.05, 0) is 6.42 Å². The maximum Gasteiger partial charge on any atom is 0.217 e. The molecule has 10 bridgehead atoms. The van der Waals surface area contributed by atoms with Crippen LogP contribution >= 0.6 is 0 Å². The summed E-state index contributed by atoms with van der Waals surface area (Å²) >= 11 is 0. The molecule has 0 spiro atoms. The second-order valence-corrected chi connectivity index (χ2v) is 18.9. The zero-order valence-corrected chi connectivity index (χ0v) is 40.4. The minimum absolute atomic E-state index is 0.695. The fourth-order valence-corrected chi connectivity index (χ4v) is 9.43. The minimum Gasteiger partial charge on any atom is -0.506 e. The Bertz CT molecular complexity index is 1800. The van der Waals surface area contributed by atoms with Crippen LogP contribution in [0.25, 0.3) is 0 Å². The number of fused-ring (bicyclic) bond motifs is 5. The van der Waals surface area contributed by atoms with E-state index in [-0.39, 0.29) is 0 Å². The van der Waals surface area contributed by atoms with Gasteiger partial charge in [-0.25, -0.2) is 0 Å². The van der Waals surface area contributed by atoms with Gasteiger partial charge < -0.3 is 174 Å². The van der Waals surface area contributed by atoms with Crippen LogP contribution in [-0.2, 0) is 56.8 Å². The Labute approximate surface area is 435 Å². The summed E-state index contributed by atoms with van der Waals surface area (Å²) in [6.45, 7) is -7.17. The van der Waals surface area contributed by atoms with Gasteiger partial charge in [-0.15, -0.1) is 0 Å². The second kappa shape index (κ2) is 28.3. The molecular formula is C42H72O35. The van der Waals surface area contributed by atoms with Gasteiger partial charge in [-0.1, -0.05) is 0 Å². The lowest BCUT2D eigenvalue weighted by atomic mass is 9.95. The molecule has 11 aliphatic rings. The molecule has 35 nitrogen and oxygen atoms in total. The van der Waals surface area contributed by atoms with Gasteiger partial charge >= 0.3 is 0 Å². The van der Waals surface area contributed by atoms with Crippen LogP contribution < -0.4 is 0 Å². The highest BCUT2D eigenvalue weighted by atomic mass is 16.8. The molecule has 11 heterocycles. The molecule has 0 aromatic rings. The fourth-order valence-electron chi connectivity index (χ4n) is 9.43. The van der Waals surface area contributed by atoms with Crippen LogP contribution in [0, 0.1) is 0 Å². The molecule has 0 radical (unpaired) electrons. The van der Waals surface area contributed by atoms with E-state index in [9.17, 15) is 117 Å². The monoisotopic (exact) mass is 1140 g/mol. The first kappa shape index (κ1) is 64.2. The molecule has 11 aliphatic heterocycles. The van der Waals surface area contributed by atoms with Gasteiger partial charge in [0.15, 0.2) is 49.3 Å². The third kappa shape index (κ3) is 13.9. The molecule has 0 saturated carbocycles. The van der Waals surface area contributed by atoms with Crippen molar-refractivity contribution in [2.24, 2.45) is 0 Å². The van der Waals surface area contributed by atoms with E-state index in [0.29, 0.717) is 0 Å². The standard InChI is InChI=1S/C42H72O35/c43-3-1-10-17(50)25(58)37(65)73-31-12(5-45)69-39(27(60)19(31)52)75-33-14(7-47)71-41(29(62)21(33)54)77-35-16(9-49)72-42(30(63)23(35)56)76-34-15(8-48)70-40(28(61)22(34)55)74-32-13(6-46)68-38(26(59)20(32)53)67-11(2-4-44)18(51)24(57)36(64)66-10/h10-17,19-23,25-65H,1-9H2. The summed E-state index contributed by atoms with van der Waals surface area (Å²) in [6.07, 6.45) is -67.1. The van der Waals surface area contributed by atoms with Gasteiger partial charge in [0.1, 0.15) is 140 Å². The van der Waals surface area contributed by atoms with Gasteiger partial charge in [-0.2, -0.15) is 0 Å². The van der Waals surface area contributed by atoms with E-state index in [1.165, 1.54) is 0 Å². The summed E-state index contributed by atoms with van der Waals surface area (Å²) in [4.78, 5) is 0. The van der Waals surface area contributed by atoms with Crippen LogP contribution in [0.1, 0.15) is 12.8 Å². The summed E-state index contributed by atoms with van der Waals surface area (Å²) in [5.74, 6) is -2.91. The topological polar surface area (TPSA) is 576 Å². The molecule has 23 N–H and O–H groups in total. The smallest absolute Gasteiger partial charge is 0.217 e. The molecule has 77 heavy (non-hydrogen) atoms. The quantitative estimate of drug-likeness (QED) is 0.102. The molecule has 11 rings (SSSR count). The molecule has 5 fully saturated rings. The predicted octanol–water partition coefficient (Wildman–Crippen LogP) is -13.7. The third-order valence-corrected chi connectivity index (χ3v) is 13.8. The van der Waals surface area contributed by atoms with Crippen LogP contribution in [0.3, 0.4) is 0 Å². The molecule has 0 aromatic carbocycles. The van der Waals surface area contributed by atoms with E-state index in [1.54, 1.807) is 0 Å². The zero-order chi connectivity index (χ0) is 56.9. The van der Waals surface area contributed by atoms with Crippen molar-refractivity contribution in [1.29, 1.82) is 0 Å². The Morgan fingerprint density at radius 3 is 0.831 bits per heavy atom. The summed E-state index contributed by atoms with van der Waals surface area (Å²) in [6, 6.07) is 0. The van der Waals surface area contributed by atoms with Gasteiger partial charge in [0.25, 0.3) is 0 Å². The van der Waals surface area contributed by atoms with Gasteiger partial charge in [-0.3, -0.25) is 0 Å². The minimum atomic E-state index is -2.73. The van der Waals surface area contributed by atoms with Crippen LogP contribution in [0.5, 0.6) is 0 Å². The van der Waals surface area contributed by atoms with Gasteiger partial charge in [0.2, 0.25) is 6.29 Å². The van der Waals surface area contributed by atoms with Crippen molar-refractivity contribution in [3.8, 4) is 0 Å². The SMILES string of the molecule is OCCC1OC2OC(CO)C(OC3OC(CO)C(OC4OC(CO)C(OC5OC(CO)C(OC6OC(CO)C(OC(O)C(O)C(O)C(CCO)OC(O)C(O)=C1O)C(O)C6O)C(O)C5O)C(O)C4O)C(O)C3O)C(O)C2O. The first-order chi connectivity index (χ1) is 36.5. The van der Waals surface area contributed by atoms with E-state index >= 15 is 0 Å². The van der Waals surface area contributed by atoms with E-state index < -0.39 is 261 Å². The van der Waals surface area contributed by atoms with Crippen LogP contribution in [0.2, 0.25) is 0 Å². The molecular weight excluding hydrogens is 1060 g/mol. The normalized spacial score (nSPS) is 50.4. The highest BCUT2D eigenvalue weighted by molar-refractivity contribution is 5.08. The molecule has 0 aromatic heterocycles. The van der Waals surface area contributed by atoms with Crippen molar-refractivity contribution in [2.45, 2.75) is 203 Å². The number of hydrogen-bond acceptors (Lipinski definition) is 35. The Morgan fingerprint density at radius 1 is 0.260 bits per heavy atom. The highest BCUT2D eigenvalue weighted by Gasteiger charge is 2.57. The van der Waals surface area contributed by atoms with E-state index in [0.717, 1.165) is 0 Å². The van der Waals surface area contributed by atoms with Crippen LogP contribution in [0.4, 0.5) is 0 Å². The largest absolute Gasteiger partial charge is 0.506 e. The molecule has 31 atom stereocenters. The molecule has 31 unspecified atom stereocenters. The molecule has 450 valence electrons. The maximum absolute atomic E-state index is 11.3. The molecule has 0 amide bonds. The zero-order valence-electron chi connectivity index (χ0n) is 40.4. The van der Waals surface area contributed by atoms with Crippen molar-refractivity contribution in [3.63, 3.8) is 0 Å². The first-order valence-corrected chi connectivity index (χ1v) is 24.3. The lowest BCUT2D eigenvalue weighted by Gasteiger charge is -2.49.